The molecule has 2 atom stereocenters. The van der Waals surface area contributed by atoms with E-state index in [1.165, 1.54) is 0 Å². The Hall–Kier alpha value is -0.610. The van der Waals surface area contributed by atoms with Crippen molar-refractivity contribution in [3.63, 3.8) is 0 Å². The number of carbonyl (C=O) groups excluding carboxylic acids is 1. The summed E-state index contributed by atoms with van der Waals surface area (Å²) in [6.07, 6.45) is 3.42. The average molecular weight is 214 g/mol. The van der Waals surface area contributed by atoms with E-state index in [0.29, 0.717) is 0 Å². The van der Waals surface area contributed by atoms with E-state index in [0.717, 1.165) is 38.8 Å². The quantitative estimate of drug-likeness (QED) is 0.694. The molecule has 1 fully saturated rings. The summed E-state index contributed by atoms with van der Waals surface area (Å²) in [5.74, 6) is 0.217. The maximum Gasteiger partial charge on any atom is 0.239 e. The van der Waals surface area contributed by atoms with E-state index in [9.17, 15) is 4.79 Å². The number of aliphatic hydroxyl groups is 1. The minimum Gasteiger partial charge on any atom is -0.393 e. The second-order valence-corrected chi connectivity index (χ2v) is 4.30. The van der Waals surface area contributed by atoms with Crippen LogP contribution in [0.1, 0.15) is 32.6 Å². The van der Waals surface area contributed by atoms with Crippen LogP contribution < -0.4 is 5.32 Å². The molecule has 0 bridgehead atoms. The Morgan fingerprint density at radius 1 is 1.67 bits per heavy atom. The van der Waals surface area contributed by atoms with Crippen molar-refractivity contribution in [1.29, 1.82) is 0 Å². The van der Waals surface area contributed by atoms with Crippen LogP contribution in [0.5, 0.6) is 0 Å². The lowest BCUT2D eigenvalue weighted by Crippen LogP contribution is -2.49. The highest BCUT2D eigenvalue weighted by Gasteiger charge is 2.26. The molecule has 0 radical (unpaired) electrons. The van der Waals surface area contributed by atoms with Crippen molar-refractivity contribution in [1.82, 2.24) is 10.2 Å². The van der Waals surface area contributed by atoms with E-state index in [1.54, 1.807) is 6.92 Å². The molecule has 0 spiro atoms. The van der Waals surface area contributed by atoms with Gasteiger partial charge >= 0.3 is 0 Å². The second kappa shape index (κ2) is 6.08. The summed E-state index contributed by atoms with van der Waals surface area (Å²) in [7, 11) is 1.84. The van der Waals surface area contributed by atoms with Crippen LogP contribution in [0, 0.1) is 0 Å². The molecule has 0 aromatic carbocycles. The Kier molecular flexibility index (Phi) is 5.05. The van der Waals surface area contributed by atoms with Gasteiger partial charge < -0.3 is 15.3 Å². The van der Waals surface area contributed by atoms with Crippen molar-refractivity contribution < 1.29 is 9.90 Å². The largest absolute Gasteiger partial charge is 0.393 e. The SMILES string of the molecule is CNC1CCCN(CCCC(C)O)C1=O. The number of aliphatic hydroxyl groups excluding tert-OH is 1. The number of hydrogen-bond donors (Lipinski definition) is 2. The first-order valence-electron chi connectivity index (χ1n) is 5.79. The number of nitrogens with zero attached hydrogens (tertiary/aromatic N) is 1. The van der Waals surface area contributed by atoms with Crippen LogP contribution in [-0.2, 0) is 4.79 Å². The predicted molar refractivity (Wildman–Crippen MR) is 59.6 cm³/mol. The van der Waals surface area contributed by atoms with Crippen molar-refractivity contribution in [2.24, 2.45) is 0 Å². The van der Waals surface area contributed by atoms with Gasteiger partial charge in [-0.2, -0.15) is 0 Å². The molecular formula is C11H22N2O2. The van der Waals surface area contributed by atoms with Crippen LogP contribution in [0.15, 0.2) is 0 Å². The first-order chi connectivity index (χ1) is 7.15. The maximum atomic E-state index is 11.8. The fraction of sp³-hybridized carbons (Fsp3) is 0.909. The summed E-state index contributed by atoms with van der Waals surface area (Å²) in [5, 5.41) is 12.2. The van der Waals surface area contributed by atoms with Gasteiger partial charge in [-0.1, -0.05) is 0 Å². The Morgan fingerprint density at radius 2 is 2.40 bits per heavy atom. The lowest BCUT2D eigenvalue weighted by Gasteiger charge is -2.32. The van der Waals surface area contributed by atoms with Gasteiger partial charge in [-0.3, -0.25) is 4.79 Å². The first kappa shape index (κ1) is 12.5. The molecule has 1 amide bonds. The molecule has 88 valence electrons. The van der Waals surface area contributed by atoms with Gasteiger partial charge in [-0.15, -0.1) is 0 Å². The third-order valence-electron chi connectivity index (χ3n) is 2.93. The number of hydrogen-bond acceptors (Lipinski definition) is 3. The number of likely N-dealkylation sites (N-methyl/N-ethyl adjacent to an activating group) is 1. The van der Waals surface area contributed by atoms with Crippen LogP contribution >= 0.6 is 0 Å². The standard InChI is InChI=1S/C11H22N2O2/c1-9(14)5-3-7-13-8-4-6-10(12-2)11(13)15/h9-10,12,14H,3-8H2,1-2H3. The smallest absolute Gasteiger partial charge is 0.239 e. The van der Waals surface area contributed by atoms with Crippen LogP contribution in [0.2, 0.25) is 0 Å². The summed E-state index contributed by atoms with van der Waals surface area (Å²) in [6, 6.07) is 0.00491. The van der Waals surface area contributed by atoms with Crippen LogP contribution in [-0.4, -0.2) is 48.2 Å². The van der Waals surface area contributed by atoms with Crippen molar-refractivity contribution in [3.05, 3.63) is 0 Å². The van der Waals surface area contributed by atoms with Crippen LogP contribution in [0.4, 0.5) is 0 Å². The molecular weight excluding hydrogens is 192 g/mol. The third kappa shape index (κ3) is 3.80. The molecule has 0 aromatic heterocycles. The zero-order chi connectivity index (χ0) is 11.3. The molecule has 1 aliphatic heterocycles. The molecule has 2 unspecified atom stereocenters. The highest BCUT2D eigenvalue weighted by Crippen LogP contribution is 2.12. The summed E-state index contributed by atoms with van der Waals surface area (Å²) in [4.78, 5) is 13.7. The highest BCUT2D eigenvalue weighted by atomic mass is 16.3. The number of carbonyl (C=O) groups is 1. The number of rotatable bonds is 5. The van der Waals surface area contributed by atoms with Gasteiger partial charge in [0.25, 0.3) is 0 Å². The van der Waals surface area contributed by atoms with E-state index in [4.69, 9.17) is 5.11 Å². The topological polar surface area (TPSA) is 52.6 Å². The Labute approximate surface area is 91.6 Å². The van der Waals surface area contributed by atoms with Gasteiger partial charge in [0.15, 0.2) is 0 Å². The molecule has 4 heteroatoms. The van der Waals surface area contributed by atoms with Gasteiger partial charge in [0.1, 0.15) is 0 Å². The summed E-state index contributed by atoms with van der Waals surface area (Å²) in [5.41, 5.74) is 0. The van der Waals surface area contributed by atoms with Gasteiger partial charge in [0.2, 0.25) is 5.91 Å². The number of nitrogens with one attached hydrogen (secondary N) is 1. The van der Waals surface area contributed by atoms with Crippen LogP contribution in [0.25, 0.3) is 0 Å². The monoisotopic (exact) mass is 214 g/mol. The number of amides is 1. The van der Waals surface area contributed by atoms with E-state index in [-0.39, 0.29) is 18.1 Å². The van der Waals surface area contributed by atoms with Gasteiger partial charge in [-0.05, 0) is 39.7 Å². The normalized spacial score (nSPS) is 24.3. The van der Waals surface area contributed by atoms with Crippen LogP contribution in [0.3, 0.4) is 0 Å². The lowest BCUT2D eigenvalue weighted by atomic mass is 10.0. The van der Waals surface area contributed by atoms with Crippen molar-refractivity contribution in [2.75, 3.05) is 20.1 Å². The van der Waals surface area contributed by atoms with E-state index in [1.807, 2.05) is 11.9 Å². The molecule has 1 saturated heterocycles. The Bertz CT molecular complexity index is 207. The fourth-order valence-corrected chi connectivity index (χ4v) is 2.01. The molecule has 1 aliphatic rings. The van der Waals surface area contributed by atoms with E-state index >= 15 is 0 Å². The summed E-state index contributed by atoms with van der Waals surface area (Å²) in [6.45, 7) is 3.44. The highest BCUT2D eigenvalue weighted by molar-refractivity contribution is 5.82. The third-order valence-corrected chi connectivity index (χ3v) is 2.93. The van der Waals surface area contributed by atoms with Gasteiger partial charge in [0.05, 0.1) is 12.1 Å². The second-order valence-electron chi connectivity index (χ2n) is 4.30. The van der Waals surface area contributed by atoms with Crippen molar-refractivity contribution in [3.8, 4) is 0 Å². The summed E-state index contributed by atoms with van der Waals surface area (Å²) < 4.78 is 0. The Morgan fingerprint density at radius 3 is 3.00 bits per heavy atom. The molecule has 15 heavy (non-hydrogen) atoms. The molecule has 0 saturated carbocycles. The molecule has 0 aliphatic carbocycles. The Balaban J connectivity index is 2.31. The average Bonchev–Trinajstić information content (AvgIpc) is 2.20. The minimum absolute atomic E-state index is 0.00491. The van der Waals surface area contributed by atoms with Crippen molar-refractivity contribution in [2.45, 2.75) is 44.8 Å². The first-order valence-corrected chi connectivity index (χ1v) is 5.79. The molecule has 1 rings (SSSR count). The van der Waals surface area contributed by atoms with Crippen molar-refractivity contribution >= 4 is 5.91 Å². The zero-order valence-corrected chi connectivity index (χ0v) is 9.70. The lowest BCUT2D eigenvalue weighted by molar-refractivity contribution is -0.135. The van der Waals surface area contributed by atoms with E-state index in [2.05, 4.69) is 5.32 Å². The van der Waals surface area contributed by atoms with Gasteiger partial charge in [0, 0.05) is 13.1 Å². The predicted octanol–water partition coefficient (Wildman–Crippen LogP) is 0.358. The molecule has 1 heterocycles. The summed E-state index contributed by atoms with van der Waals surface area (Å²) >= 11 is 0. The molecule has 4 nitrogen and oxygen atoms in total. The number of likely N-dealkylation sites (tertiary alicyclic amines) is 1. The zero-order valence-electron chi connectivity index (χ0n) is 9.70. The van der Waals surface area contributed by atoms with Gasteiger partial charge in [-0.25, -0.2) is 0 Å². The fourth-order valence-electron chi connectivity index (χ4n) is 2.01. The van der Waals surface area contributed by atoms with E-state index < -0.39 is 0 Å². The maximum absolute atomic E-state index is 11.8. The minimum atomic E-state index is -0.259. The molecule has 0 aromatic rings. The number of piperidine rings is 1. The molecule has 2 N–H and O–H groups in total.